The van der Waals surface area contributed by atoms with E-state index < -0.39 is 0 Å². The number of ether oxygens (including phenoxy) is 2. The molecular weight excluding hydrogens is 226 g/mol. The van der Waals surface area contributed by atoms with E-state index >= 15 is 0 Å². The average molecular weight is 249 g/mol. The van der Waals surface area contributed by atoms with Crippen LogP contribution in [0.15, 0.2) is 24.3 Å². The highest BCUT2D eigenvalue weighted by atomic mass is 16.5. The predicted octanol–water partition coefficient (Wildman–Crippen LogP) is 3.20. The van der Waals surface area contributed by atoms with Crippen LogP contribution in [0.25, 0.3) is 0 Å². The minimum Gasteiger partial charge on any atom is -0.382 e. The Kier molecular flexibility index (Phi) is 4.25. The standard InChI is InChI=1S/C15H23NO2/c1-15(2)10-13(8-9-18-15)16-14-7-5-4-6-12(14)11-17-3/h4-7,13,16H,8-11H2,1-3H3. The Morgan fingerprint density at radius 1 is 1.39 bits per heavy atom. The largest absolute Gasteiger partial charge is 0.382 e. The van der Waals surface area contributed by atoms with Gasteiger partial charge in [-0.25, -0.2) is 0 Å². The minimum atomic E-state index is -0.0217. The minimum absolute atomic E-state index is 0.0217. The van der Waals surface area contributed by atoms with Gasteiger partial charge in [0.05, 0.1) is 12.2 Å². The quantitative estimate of drug-likeness (QED) is 0.889. The highest BCUT2D eigenvalue weighted by Gasteiger charge is 2.28. The number of anilines is 1. The molecule has 0 aromatic heterocycles. The van der Waals surface area contributed by atoms with E-state index in [2.05, 4.69) is 37.4 Å². The van der Waals surface area contributed by atoms with Crippen molar-refractivity contribution >= 4 is 5.69 Å². The summed E-state index contributed by atoms with van der Waals surface area (Å²) in [5.41, 5.74) is 2.37. The first-order valence-corrected chi connectivity index (χ1v) is 6.58. The van der Waals surface area contributed by atoms with Gasteiger partial charge in [0.1, 0.15) is 0 Å². The Morgan fingerprint density at radius 3 is 2.89 bits per heavy atom. The molecule has 100 valence electrons. The molecule has 0 bridgehead atoms. The van der Waals surface area contributed by atoms with Gasteiger partial charge in [0, 0.05) is 31.0 Å². The molecule has 1 atom stereocenters. The molecule has 1 saturated heterocycles. The highest BCUT2D eigenvalue weighted by molar-refractivity contribution is 5.51. The molecule has 0 saturated carbocycles. The van der Waals surface area contributed by atoms with E-state index in [1.54, 1.807) is 7.11 Å². The lowest BCUT2D eigenvalue weighted by Crippen LogP contribution is -2.40. The Balaban J connectivity index is 2.04. The zero-order valence-corrected chi connectivity index (χ0v) is 11.5. The summed E-state index contributed by atoms with van der Waals surface area (Å²) in [7, 11) is 1.73. The molecule has 1 N–H and O–H groups in total. The van der Waals surface area contributed by atoms with Crippen LogP contribution in [0.5, 0.6) is 0 Å². The molecule has 0 amide bonds. The Hall–Kier alpha value is -1.06. The molecule has 1 aliphatic heterocycles. The maximum Gasteiger partial charge on any atom is 0.0733 e. The summed E-state index contributed by atoms with van der Waals surface area (Å²) in [5, 5.41) is 3.63. The molecule has 3 heteroatoms. The fourth-order valence-electron chi connectivity index (χ4n) is 2.52. The van der Waals surface area contributed by atoms with Crippen LogP contribution in [0.4, 0.5) is 5.69 Å². The molecule has 0 aliphatic carbocycles. The summed E-state index contributed by atoms with van der Waals surface area (Å²) in [6, 6.07) is 8.82. The Bertz CT molecular complexity index is 390. The number of rotatable bonds is 4. The van der Waals surface area contributed by atoms with Crippen molar-refractivity contribution in [3.63, 3.8) is 0 Å². The SMILES string of the molecule is COCc1ccccc1NC1CCOC(C)(C)C1. The molecule has 1 unspecified atom stereocenters. The number of nitrogens with one attached hydrogen (secondary N) is 1. The van der Waals surface area contributed by atoms with Crippen LogP contribution < -0.4 is 5.32 Å². The third-order valence-electron chi connectivity index (χ3n) is 3.37. The molecule has 18 heavy (non-hydrogen) atoms. The monoisotopic (exact) mass is 249 g/mol. The maximum absolute atomic E-state index is 5.75. The van der Waals surface area contributed by atoms with Crippen LogP contribution >= 0.6 is 0 Å². The van der Waals surface area contributed by atoms with E-state index in [1.165, 1.54) is 11.3 Å². The number of para-hydroxylation sites is 1. The van der Waals surface area contributed by atoms with E-state index in [9.17, 15) is 0 Å². The van der Waals surface area contributed by atoms with Gasteiger partial charge in [-0.1, -0.05) is 18.2 Å². The zero-order chi connectivity index (χ0) is 13.0. The average Bonchev–Trinajstić information content (AvgIpc) is 2.31. The molecule has 1 heterocycles. The molecule has 3 nitrogen and oxygen atoms in total. The molecule has 1 aromatic carbocycles. The fraction of sp³-hybridized carbons (Fsp3) is 0.600. The number of methoxy groups -OCH3 is 1. The van der Waals surface area contributed by atoms with Gasteiger partial charge in [-0.05, 0) is 32.8 Å². The second-order valence-corrected chi connectivity index (χ2v) is 5.53. The van der Waals surface area contributed by atoms with Gasteiger partial charge >= 0.3 is 0 Å². The van der Waals surface area contributed by atoms with Crippen molar-refractivity contribution < 1.29 is 9.47 Å². The number of hydrogen-bond donors (Lipinski definition) is 1. The predicted molar refractivity (Wildman–Crippen MR) is 73.8 cm³/mol. The van der Waals surface area contributed by atoms with Crippen molar-refractivity contribution in [2.75, 3.05) is 19.0 Å². The summed E-state index contributed by atoms with van der Waals surface area (Å²) in [6.07, 6.45) is 2.10. The van der Waals surface area contributed by atoms with Crippen molar-refractivity contribution in [3.8, 4) is 0 Å². The number of hydrogen-bond acceptors (Lipinski definition) is 3. The first-order valence-electron chi connectivity index (χ1n) is 6.58. The molecule has 1 aromatic rings. The van der Waals surface area contributed by atoms with Crippen LogP contribution in [-0.2, 0) is 16.1 Å². The van der Waals surface area contributed by atoms with Crippen molar-refractivity contribution in [1.82, 2.24) is 0 Å². The number of benzene rings is 1. The molecule has 1 aliphatic rings. The van der Waals surface area contributed by atoms with Crippen molar-refractivity contribution in [2.45, 2.75) is 44.9 Å². The van der Waals surface area contributed by atoms with Crippen molar-refractivity contribution in [1.29, 1.82) is 0 Å². The van der Waals surface area contributed by atoms with Crippen LogP contribution in [0.2, 0.25) is 0 Å². The lowest BCUT2D eigenvalue weighted by Gasteiger charge is -2.36. The van der Waals surface area contributed by atoms with Crippen molar-refractivity contribution in [2.24, 2.45) is 0 Å². The zero-order valence-electron chi connectivity index (χ0n) is 11.5. The van der Waals surface area contributed by atoms with Gasteiger partial charge in [0.25, 0.3) is 0 Å². The van der Waals surface area contributed by atoms with E-state index in [1.807, 2.05) is 6.07 Å². The summed E-state index contributed by atoms with van der Waals surface area (Å²) in [6.45, 7) is 5.79. The summed E-state index contributed by atoms with van der Waals surface area (Å²) >= 11 is 0. The Morgan fingerprint density at radius 2 is 2.17 bits per heavy atom. The maximum atomic E-state index is 5.75. The normalized spacial score (nSPS) is 22.7. The molecule has 2 rings (SSSR count). The van der Waals surface area contributed by atoms with Gasteiger partial charge < -0.3 is 14.8 Å². The fourth-order valence-corrected chi connectivity index (χ4v) is 2.52. The first kappa shape index (κ1) is 13.4. The van der Waals surface area contributed by atoms with Gasteiger partial charge in [0.15, 0.2) is 0 Å². The van der Waals surface area contributed by atoms with Gasteiger partial charge in [-0.2, -0.15) is 0 Å². The van der Waals surface area contributed by atoms with E-state index in [-0.39, 0.29) is 5.60 Å². The van der Waals surface area contributed by atoms with Crippen LogP contribution in [0, 0.1) is 0 Å². The van der Waals surface area contributed by atoms with E-state index in [4.69, 9.17) is 9.47 Å². The van der Waals surface area contributed by atoms with Crippen LogP contribution in [0.1, 0.15) is 32.3 Å². The third kappa shape index (κ3) is 3.47. The summed E-state index contributed by atoms with van der Waals surface area (Å²) in [4.78, 5) is 0. The van der Waals surface area contributed by atoms with Gasteiger partial charge in [-0.15, -0.1) is 0 Å². The third-order valence-corrected chi connectivity index (χ3v) is 3.37. The van der Waals surface area contributed by atoms with Crippen LogP contribution in [-0.4, -0.2) is 25.4 Å². The molecular formula is C15H23NO2. The second kappa shape index (κ2) is 5.72. The Labute approximate surface area is 109 Å². The van der Waals surface area contributed by atoms with Gasteiger partial charge in [-0.3, -0.25) is 0 Å². The summed E-state index contributed by atoms with van der Waals surface area (Å²) < 4.78 is 11.0. The molecule has 0 spiro atoms. The lowest BCUT2D eigenvalue weighted by molar-refractivity contribution is -0.0553. The highest BCUT2D eigenvalue weighted by Crippen LogP contribution is 2.27. The van der Waals surface area contributed by atoms with Crippen molar-refractivity contribution in [3.05, 3.63) is 29.8 Å². The van der Waals surface area contributed by atoms with E-state index in [0.29, 0.717) is 12.6 Å². The van der Waals surface area contributed by atoms with E-state index in [0.717, 1.165) is 19.4 Å². The first-order chi connectivity index (χ1) is 8.61. The van der Waals surface area contributed by atoms with Crippen LogP contribution in [0.3, 0.4) is 0 Å². The molecule has 0 radical (unpaired) electrons. The summed E-state index contributed by atoms with van der Waals surface area (Å²) in [5.74, 6) is 0. The smallest absolute Gasteiger partial charge is 0.0733 e. The molecule has 1 fully saturated rings. The second-order valence-electron chi connectivity index (χ2n) is 5.53. The van der Waals surface area contributed by atoms with Gasteiger partial charge in [0.2, 0.25) is 0 Å². The lowest BCUT2D eigenvalue weighted by atomic mass is 9.93. The topological polar surface area (TPSA) is 30.5 Å².